The van der Waals surface area contributed by atoms with Crippen LogP contribution in [-0.2, 0) is 0 Å². The smallest absolute Gasteiger partial charge is 0.185 e. The van der Waals surface area contributed by atoms with Crippen LogP contribution >= 0.6 is 11.3 Å². The van der Waals surface area contributed by atoms with Gasteiger partial charge in [-0.2, -0.15) is 0 Å². The van der Waals surface area contributed by atoms with Crippen LogP contribution in [-0.4, -0.2) is 31.2 Å². The highest BCUT2D eigenvalue weighted by atomic mass is 32.1. The molecule has 20 heavy (non-hydrogen) atoms. The number of thiazole rings is 1. The van der Waals surface area contributed by atoms with Gasteiger partial charge in [0.1, 0.15) is 5.75 Å². The van der Waals surface area contributed by atoms with Crippen molar-refractivity contribution in [1.29, 1.82) is 0 Å². The Morgan fingerprint density at radius 2 is 1.95 bits per heavy atom. The molecule has 0 spiro atoms. The average molecular weight is 289 g/mol. The number of methoxy groups -OCH3 is 1. The second kappa shape index (κ2) is 5.81. The molecule has 0 atom stereocenters. The van der Waals surface area contributed by atoms with Gasteiger partial charge in [-0.15, -0.1) is 11.3 Å². The zero-order valence-corrected chi connectivity index (χ0v) is 12.4. The van der Waals surface area contributed by atoms with E-state index in [4.69, 9.17) is 15.5 Å². The van der Waals surface area contributed by atoms with E-state index in [1.807, 2.05) is 24.3 Å². The van der Waals surface area contributed by atoms with Crippen molar-refractivity contribution in [2.45, 2.75) is 18.9 Å². The molecule has 5 heteroatoms. The molecule has 4 nitrogen and oxygen atoms in total. The number of benzene rings is 1. The monoisotopic (exact) mass is 289 g/mol. The number of nitrogens with zero attached hydrogens (tertiary/aromatic N) is 2. The van der Waals surface area contributed by atoms with Crippen LogP contribution in [0.3, 0.4) is 0 Å². The van der Waals surface area contributed by atoms with Gasteiger partial charge in [0.05, 0.1) is 12.8 Å². The molecule has 2 aromatic rings. The van der Waals surface area contributed by atoms with Crippen molar-refractivity contribution in [2.24, 2.45) is 5.73 Å². The van der Waals surface area contributed by atoms with Crippen LogP contribution in [0.1, 0.15) is 12.8 Å². The molecule has 0 amide bonds. The van der Waals surface area contributed by atoms with E-state index in [0.717, 1.165) is 48.1 Å². The summed E-state index contributed by atoms with van der Waals surface area (Å²) >= 11 is 1.70. The fourth-order valence-corrected chi connectivity index (χ4v) is 3.28. The number of ether oxygens (including phenoxy) is 1. The second-order valence-corrected chi connectivity index (χ2v) is 5.90. The summed E-state index contributed by atoms with van der Waals surface area (Å²) in [5.41, 5.74) is 8.10. The van der Waals surface area contributed by atoms with Gasteiger partial charge >= 0.3 is 0 Å². The molecule has 1 aliphatic heterocycles. The Morgan fingerprint density at radius 1 is 1.25 bits per heavy atom. The molecule has 1 saturated heterocycles. The van der Waals surface area contributed by atoms with E-state index in [-0.39, 0.29) is 0 Å². The Bertz CT molecular complexity index is 559. The van der Waals surface area contributed by atoms with E-state index >= 15 is 0 Å². The van der Waals surface area contributed by atoms with Crippen LogP contribution in [0.5, 0.6) is 5.75 Å². The molecule has 0 bridgehead atoms. The third-order valence-corrected chi connectivity index (χ3v) is 4.59. The minimum Gasteiger partial charge on any atom is -0.497 e. The topological polar surface area (TPSA) is 51.4 Å². The lowest BCUT2D eigenvalue weighted by Gasteiger charge is -2.29. The Balaban J connectivity index is 1.75. The standard InChI is InChI=1S/C15H19N3OS/c1-19-13-4-2-11(3-5-13)14-10-20-15(17-14)18-8-6-12(16)7-9-18/h2-5,10,12H,6-9,16H2,1H3. The van der Waals surface area contributed by atoms with Gasteiger partial charge in [0.25, 0.3) is 0 Å². The fraction of sp³-hybridized carbons (Fsp3) is 0.400. The largest absolute Gasteiger partial charge is 0.497 e. The molecule has 106 valence electrons. The first-order chi connectivity index (χ1) is 9.76. The first kappa shape index (κ1) is 13.4. The Kier molecular flexibility index (Phi) is 3.89. The lowest BCUT2D eigenvalue weighted by Crippen LogP contribution is -2.39. The van der Waals surface area contributed by atoms with Crippen molar-refractivity contribution in [2.75, 3.05) is 25.1 Å². The molecule has 0 aliphatic carbocycles. The molecular weight excluding hydrogens is 270 g/mol. The van der Waals surface area contributed by atoms with Crippen molar-refractivity contribution in [1.82, 2.24) is 4.98 Å². The predicted octanol–water partition coefficient (Wildman–Crippen LogP) is 2.75. The van der Waals surface area contributed by atoms with Crippen molar-refractivity contribution < 1.29 is 4.74 Å². The highest BCUT2D eigenvalue weighted by molar-refractivity contribution is 7.14. The van der Waals surface area contributed by atoms with Gasteiger partial charge in [-0.3, -0.25) is 0 Å². The van der Waals surface area contributed by atoms with Gasteiger partial charge in [-0.05, 0) is 37.1 Å². The van der Waals surface area contributed by atoms with Gasteiger partial charge in [-0.25, -0.2) is 4.98 Å². The van der Waals surface area contributed by atoms with Crippen LogP contribution in [0.2, 0.25) is 0 Å². The minimum atomic E-state index is 0.354. The maximum Gasteiger partial charge on any atom is 0.185 e. The van der Waals surface area contributed by atoms with Crippen molar-refractivity contribution in [3.05, 3.63) is 29.6 Å². The van der Waals surface area contributed by atoms with Crippen LogP contribution in [0.4, 0.5) is 5.13 Å². The highest BCUT2D eigenvalue weighted by Gasteiger charge is 2.18. The summed E-state index contributed by atoms with van der Waals surface area (Å²) in [5.74, 6) is 0.870. The van der Waals surface area contributed by atoms with E-state index in [1.54, 1.807) is 18.4 Å². The third kappa shape index (κ3) is 2.78. The maximum atomic E-state index is 5.94. The third-order valence-electron chi connectivity index (χ3n) is 3.69. The number of nitrogens with two attached hydrogens (primary N) is 1. The zero-order chi connectivity index (χ0) is 13.9. The summed E-state index contributed by atoms with van der Waals surface area (Å²) in [6.07, 6.45) is 2.11. The van der Waals surface area contributed by atoms with Crippen LogP contribution in [0.25, 0.3) is 11.3 Å². The van der Waals surface area contributed by atoms with E-state index in [1.165, 1.54) is 0 Å². The summed E-state index contributed by atoms with van der Waals surface area (Å²) in [6, 6.07) is 8.38. The number of anilines is 1. The summed E-state index contributed by atoms with van der Waals surface area (Å²) < 4.78 is 5.18. The van der Waals surface area contributed by atoms with Gasteiger partial charge in [0.15, 0.2) is 5.13 Å². The Hall–Kier alpha value is -1.59. The Morgan fingerprint density at radius 3 is 2.60 bits per heavy atom. The molecule has 0 saturated carbocycles. The van der Waals surface area contributed by atoms with Gasteiger partial charge in [0, 0.05) is 30.1 Å². The van der Waals surface area contributed by atoms with Crippen LogP contribution in [0.15, 0.2) is 29.6 Å². The quantitative estimate of drug-likeness (QED) is 0.944. The Labute approximate surface area is 123 Å². The fourth-order valence-electron chi connectivity index (χ4n) is 2.39. The van der Waals surface area contributed by atoms with E-state index in [9.17, 15) is 0 Å². The number of aromatic nitrogens is 1. The molecule has 0 radical (unpaired) electrons. The number of hydrogen-bond donors (Lipinski definition) is 1. The summed E-state index contributed by atoms with van der Waals surface area (Å²) in [7, 11) is 1.68. The van der Waals surface area contributed by atoms with Gasteiger partial charge in [0.2, 0.25) is 0 Å². The average Bonchev–Trinajstić information content (AvgIpc) is 2.98. The van der Waals surface area contributed by atoms with Crippen molar-refractivity contribution in [3.63, 3.8) is 0 Å². The van der Waals surface area contributed by atoms with Gasteiger partial charge in [-0.1, -0.05) is 0 Å². The predicted molar refractivity (Wildman–Crippen MR) is 83.5 cm³/mol. The van der Waals surface area contributed by atoms with Crippen molar-refractivity contribution in [3.8, 4) is 17.0 Å². The number of piperidine rings is 1. The molecule has 0 unspecified atom stereocenters. The summed E-state index contributed by atoms with van der Waals surface area (Å²) in [4.78, 5) is 7.08. The molecule has 1 fully saturated rings. The maximum absolute atomic E-state index is 5.94. The number of hydrogen-bond acceptors (Lipinski definition) is 5. The molecule has 1 aromatic heterocycles. The second-order valence-electron chi connectivity index (χ2n) is 5.07. The lowest BCUT2D eigenvalue weighted by molar-refractivity contribution is 0.415. The zero-order valence-electron chi connectivity index (χ0n) is 11.6. The van der Waals surface area contributed by atoms with Crippen LogP contribution < -0.4 is 15.4 Å². The molecule has 2 heterocycles. The summed E-state index contributed by atoms with van der Waals surface area (Å²) in [6.45, 7) is 2.02. The van der Waals surface area contributed by atoms with E-state index in [0.29, 0.717) is 6.04 Å². The SMILES string of the molecule is COc1ccc(-c2csc(N3CCC(N)CC3)n2)cc1. The molecular formula is C15H19N3OS. The number of rotatable bonds is 3. The van der Waals surface area contributed by atoms with Crippen LogP contribution in [0, 0.1) is 0 Å². The van der Waals surface area contributed by atoms with Gasteiger partial charge < -0.3 is 15.4 Å². The van der Waals surface area contributed by atoms with E-state index in [2.05, 4.69) is 10.3 Å². The van der Waals surface area contributed by atoms with E-state index < -0.39 is 0 Å². The lowest BCUT2D eigenvalue weighted by atomic mass is 10.1. The minimum absolute atomic E-state index is 0.354. The highest BCUT2D eigenvalue weighted by Crippen LogP contribution is 2.29. The molecule has 3 rings (SSSR count). The first-order valence-electron chi connectivity index (χ1n) is 6.87. The van der Waals surface area contributed by atoms with Crippen molar-refractivity contribution >= 4 is 16.5 Å². The molecule has 2 N–H and O–H groups in total. The first-order valence-corrected chi connectivity index (χ1v) is 7.74. The summed E-state index contributed by atoms with van der Waals surface area (Å²) in [5, 5.41) is 3.22. The normalized spacial score (nSPS) is 16.4. The molecule has 1 aromatic carbocycles. The molecule has 1 aliphatic rings.